The van der Waals surface area contributed by atoms with E-state index in [2.05, 4.69) is 27.0 Å². The molecule has 0 amide bonds. The molecule has 1 aliphatic rings. The number of piperidine rings is 1. The maximum atomic E-state index is 12.8. The third-order valence-corrected chi connectivity index (χ3v) is 4.79. The van der Waals surface area contributed by atoms with Gasteiger partial charge in [0.25, 0.3) is 0 Å². The zero-order valence-electron chi connectivity index (χ0n) is 16.1. The van der Waals surface area contributed by atoms with Crippen LogP contribution in [0.2, 0.25) is 0 Å². The molecule has 1 aromatic heterocycles. The van der Waals surface area contributed by atoms with Gasteiger partial charge in [0.15, 0.2) is 6.04 Å². The van der Waals surface area contributed by atoms with Gasteiger partial charge >= 0.3 is 11.7 Å². The third kappa shape index (κ3) is 5.00. The van der Waals surface area contributed by atoms with Crippen LogP contribution in [0, 0.1) is 12.8 Å². The minimum absolute atomic E-state index is 0.157. The van der Waals surface area contributed by atoms with Crippen LogP contribution in [0.1, 0.15) is 36.9 Å². The Morgan fingerprint density at radius 2 is 1.89 bits per heavy atom. The van der Waals surface area contributed by atoms with Crippen molar-refractivity contribution in [3.05, 3.63) is 59.4 Å². The molecule has 0 aliphatic carbocycles. The third-order valence-electron chi connectivity index (χ3n) is 4.79. The number of carbonyl (C=O) groups excluding carboxylic acids is 1. The van der Waals surface area contributed by atoms with Crippen LogP contribution >= 0.6 is 0 Å². The Balaban J connectivity index is 1.83. The number of nitrogens with one attached hydrogen (secondary N) is 1. The molecular formula is C20H24N6O2. The van der Waals surface area contributed by atoms with Gasteiger partial charge in [-0.3, -0.25) is 0 Å². The number of benzene rings is 1. The standard InChI is InChI=1S/C20H24N6O2/c1-14-4-6-16(7-5-14)17(24-20-22-10-3-11-23-20)18(25-21)19(27)28-26-12-8-15(2)9-13-26/h3-7,10-11,15,17H,8-9,12-13H2,1-2H3,(H,22,23,24). The monoisotopic (exact) mass is 380 g/mol. The van der Waals surface area contributed by atoms with Crippen LogP contribution in [-0.4, -0.2) is 44.6 Å². The Hall–Kier alpha value is -3.09. The fourth-order valence-corrected chi connectivity index (χ4v) is 3.03. The summed E-state index contributed by atoms with van der Waals surface area (Å²) in [6.07, 6.45) is 5.09. The van der Waals surface area contributed by atoms with E-state index in [1.165, 1.54) is 0 Å². The number of hydrogen-bond acceptors (Lipinski definition) is 6. The number of anilines is 1. The number of aryl methyl sites for hydroxylation is 1. The summed E-state index contributed by atoms with van der Waals surface area (Å²) in [7, 11) is 0. The molecule has 1 atom stereocenters. The van der Waals surface area contributed by atoms with Crippen LogP contribution in [0.4, 0.5) is 5.95 Å². The molecule has 2 heterocycles. The van der Waals surface area contributed by atoms with Crippen LogP contribution in [0.25, 0.3) is 5.53 Å². The summed E-state index contributed by atoms with van der Waals surface area (Å²) in [5.41, 5.74) is 11.3. The van der Waals surface area contributed by atoms with E-state index < -0.39 is 12.0 Å². The number of nitrogens with zero attached hydrogens (tertiary/aromatic N) is 5. The second-order valence-electron chi connectivity index (χ2n) is 7.04. The highest BCUT2D eigenvalue weighted by Gasteiger charge is 2.36. The van der Waals surface area contributed by atoms with Crippen molar-refractivity contribution in [2.24, 2.45) is 5.92 Å². The van der Waals surface area contributed by atoms with Gasteiger partial charge in [-0.05, 0) is 37.3 Å². The smallest absolute Gasteiger partial charge is 0.361 e. The topological polar surface area (TPSA) is 104 Å². The van der Waals surface area contributed by atoms with E-state index in [1.54, 1.807) is 23.5 Å². The van der Waals surface area contributed by atoms with E-state index in [9.17, 15) is 10.3 Å². The van der Waals surface area contributed by atoms with Crippen LogP contribution in [-0.2, 0) is 9.63 Å². The van der Waals surface area contributed by atoms with Crippen LogP contribution in [0.3, 0.4) is 0 Å². The van der Waals surface area contributed by atoms with Crippen molar-refractivity contribution in [3.8, 4) is 0 Å². The molecule has 146 valence electrons. The fraction of sp³-hybridized carbons (Fsp3) is 0.400. The highest BCUT2D eigenvalue weighted by atomic mass is 16.7. The average Bonchev–Trinajstić information content (AvgIpc) is 2.71. The van der Waals surface area contributed by atoms with Crippen molar-refractivity contribution in [2.45, 2.75) is 32.7 Å². The number of rotatable bonds is 6. The number of hydroxylamine groups is 2. The summed E-state index contributed by atoms with van der Waals surface area (Å²) >= 11 is 0. The molecule has 8 nitrogen and oxygen atoms in total. The predicted molar refractivity (Wildman–Crippen MR) is 104 cm³/mol. The Morgan fingerprint density at radius 1 is 1.25 bits per heavy atom. The first kappa shape index (κ1) is 19.7. The predicted octanol–water partition coefficient (Wildman–Crippen LogP) is 2.80. The molecule has 28 heavy (non-hydrogen) atoms. The van der Waals surface area contributed by atoms with Crippen molar-refractivity contribution < 1.29 is 14.4 Å². The molecule has 3 rings (SSSR count). The van der Waals surface area contributed by atoms with Crippen molar-refractivity contribution in [1.29, 1.82) is 0 Å². The molecule has 1 N–H and O–H groups in total. The molecule has 1 fully saturated rings. The molecule has 1 aliphatic heterocycles. The van der Waals surface area contributed by atoms with E-state index >= 15 is 0 Å². The summed E-state index contributed by atoms with van der Waals surface area (Å²) in [6, 6.07) is 8.49. The lowest BCUT2D eigenvalue weighted by atomic mass is 10.0. The molecule has 8 heteroatoms. The van der Waals surface area contributed by atoms with Gasteiger partial charge in [0.2, 0.25) is 5.95 Å². The molecule has 1 saturated heterocycles. The van der Waals surface area contributed by atoms with Gasteiger partial charge < -0.3 is 15.7 Å². The van der Waals surface area contributed by atoms with Gasteiger partial charge in [-0.1, -0.05) is 36.8 Å². The molecule has 0 radical (unpaired) electrons. The zero-order chi connectivity index (χ0) is 19.9. The Kier molecular flexibility index (Phi) is 6.47. The molecule has 1 aromatic carbocycles. The highest BCUT2D eigenvalue weighted by molar-refractivity contribution is 6.36. The quantitative estimate of drug-likeness (QED) is 0.469. The van der Waals surface area contributed by atoms with Gasteiger partial charge in [-0.2, -0.15) is 4.79 Å². The first-order valence-corrected chi connectivity index (χ1v) is 9.36. The molecular weight excluding hydrogens is 356 g/mol. The SMILES string of the molecule is Cc1ccc(C(Nc2ncccn2)C(=[N+]=[N-])C(=O)ON2CCC(C)CC2)cc1. The van der Waals surface area contributed by atoms with Gasteiger partial charge in [0, 0.05) is 25.5 Å². The van der Waals surface area contributed by atoms with Gasteiger partial charge in [0.05, 0.1) is 0 Å². The fourth-order valence-electron chi connectivity index (χ4n) is 3.03. The largest absolute Gasteiger partial charge is 0.438 e. The van der Waals surface area contributed by atoms with E-state index in [4.69, 9.17) is 4.84 Å². The summed E-state index contributed by atoms with van der Waals surface area (Å²) in [5, 5.41) is 4.68. The summed E-state index contributed by atoms with van der Waals surface area (Å²) in [6.45, 7) is 5.47. The maximum absolute atomic E-state index is 12.8. The molecule has 2 aromatic rings. The molecule has 0 bridgehead atoms. The number of hydrogen-bond donors (Lipinski definition) is 1. The van der Waals surface area contributed by atoms with Crippen LogP contribution in [0.15, 0.2) is 42.7 Å². The van der Waals surface area contributed by atoms with Crippen molar-refractivity contribution in [3.63, 3.8) is 0 Å². The van der Waals surface area contributed by atoms with Gasteiger partial charge in [0.1, 0.15) is 0 Å². The normalized spacial score (nSPS) is 16.1. The second-order valence-corrected chi connectivity index (χ2v) is 7.04. The highest BCUT2D eigenvalue weighted by Crippen LogP contribution is 2.21. The minimum Gasteiger partial charge on any atom is -0.361 e. The van der Waals surface area contributed by atoms with Crippen molar-refractivity contribution >= 4 is 17.6 Å². The van der Waals surface area contributed by atoms with Gasteiger partial charge in [-0.15, -0.1) is 5.06 Å². The Bertz CT molecular complexity index is 841. The number of aromatic nitrogens is 2. The van der Waals surface area contributed by atoms with Crippen LogP contribution < -0.4 is 5.32 Å². The van der Waals surface area contributed by atoms with E-state index in [-0.39, 0.29) is 5.71 Å². The van der Waals surface area contributed by atoms with E-state index in [0.29, 0.717) is 25.0 Å². The van der Waals surface area contributed by atoms with Crippen molar-refractivity contribution in [2.75, 3.05) is 18.4 Å². The Morgan fingerprint density at radius 3 is 2.50 bits per heavy atom. The van der Waals surface area contributed by atoms with E-state index in [1.807, 2.05) is 31.2 Å². The Labute approximate surface area is 164 Å². The summed E-state index contributed by atoms with van der Waals surface area (Å²) < 4.78 is 0. The van der Waals surface area contributed by atoms with Crippen molar-refractivity contribution in [1.82, 2.24) is 15.0 Å². The summed E-state index contributed by atoms with van der Waals surface area (Å²) in [5.74, 6) is 0.220. The van der Waals surface area contributed by atoms with E-state index in [0.717, 1.165) is 24.0 Å². The number of carbonyl (C=O) groups is 1. The molecule has 0 saturated carbocycles. The maximum Gasteiger partial charge on any atom is 0.438 e. The summed E-state index contributed by atoms with van der Waals surface area (Å²) in [4.78, 5) is 29.8. The zero-order valence-corrected chi connectivity index (χ0v) is 16.1. The first-order chi connectivity index (χ1) is 13.6. The lowest BCUT2D eigenvalue weighted by Gasteiger charge is -2.28. The first-order valence-electron chi connectivity index (χ1n) is 9.36. The second kappa shape index (κ2) is 9.21. The average molecular weight is 380 g/mol. The molecule has 1 unspecified atom stereocenters. The molecule has 0 spiro atoms. The lowest BCUT2D eigenvalue weighted by molar-refractivity contribution is -0.191. The lowest BCUT2D eigenvalue weighted by Crippen LogP contribution is -2.39. The van der Waals surface area contributed by atoms with Crippen LogP contribution in [0.5, 0.6) is 0 Å². The van der Waals surface area contributed by atoms with Gasteiger partial charge in [-0.25, -0.2) is 14.8 Å². The minimum atomic E-state index is -0.760.